The van der Waals surface area contributed by atoms with Crippen LogP contribution in [-0.2, 0) is 19.1 Å². The summed E-state index contributed by atoms with van der Waals surface area (Å²) in [7, 11) is 0. The van der Waals surface area contributed by atoms with Gasteiger partial charge in [0, 0.05) is 6.42 Å². The summed E-state index contributed by atoms with van der Waals surface area (Å²) in [4.78, 5) is 34.0. The van der Waals surface area contributed by atoms with Crippen molar-refractivity contribution >= 4 is 30.2 Å². The number of carbonyl (C=O) groups excluding carboxylic acids is 3. The maximum absolute atomic E-state index is 11.5. The molecule has 0 aliphatic carbocycles. The minimum atomic E-state index is -0.925. The van der Waals surface area contributed by atoms with E-state index in [4.69, 9.17) is 16.2 Å². The third-order valence-corrected chi connectivity index (χ3v) is 2.13. The predicted molar refractivity (Wildman–Crippen MR) is 77.1 cm³/mol. The van der Waals surface area contributed by atoms with Crippen LogP contribution < -0.4 is 16.8 Å². The summed E-state index contributed by atoms with van der Waals surface area (Å²) in [6.45, 7) is 6.72. The lowest BCUT2D eigenvalue weighted by Gasteiger charge is -2.21. The minimum Gasteiger partial charge on any atom is -0.460 e. The number of esters is 1. The Morgan fingerprint density at radius 1 is 1.25 bits per heavy atom. The van der Waals surface area contributed by atoms with Crippen molar-refractivity contribution in [2.45, 2.75) is 58.2 Å². The molecule has 0 aromatic carbocycles. The summed E-state index contributed by atoms with van der Waals surface area (Å²) in [6.07, 6.45) is 0.0762. The number of halogens is 1. The molecule has 8 heteroatoms. The van der Waals surface area contributed by atoms with E-state index in [0.717, 1.165) is 0 Å². The van der Waals surface area contributed by atoms with Crippen molar-refractivity contribution in [1.29, 1.82) is 0 Å². The Morgan fingerprint density at radius 2 is 1.75 bits per heavy atom. The van der Waals surface area contributed by atoms with Gasteiger partial charge in [-0.05, 0) is 34.1 Å². The van der Waals surface area contributed by atoms with Crippen molar-refractivity contribution in [2.75, 3.05) is 0 Å². The minimum absolute atomic E-state index is 0. The van der Waals surface area contributed by atoms with Gasteiger partial charge >= 0.3 is 5.97 Å². The second kappa shape index (κ2) is 8.76. The highest BCUT2D eigenvalue weighted by molar-refractivity contribution is 5.89. The van der Waals surface area contributed by atoms with E-state index in [0.29, 0.717) is 0 Å². The molecule has 2 amide bonds. The molecule has 0 radical (unpaired) electrons. The summed E-state index contributed by atoms with van der Waals surface area (Å²) >= 11 is 0. The molecule has 5 N–H and O–H groups in total. The molecule has 0 saturated carbocycles. The van der Waals surface area contributed by atoms with Gasteiger partial charge in [-0.3, -0.25) is 14.4 Å². The fourth-order valence-electron chi connectivity index (χ4n) is 1.24. The fourth-order valence-corrected chi connectivity index (χ4v) is 1.24. The summed E-state index contributed by atoms with van der Waals surface area (Å²) in [5, 5.41) is 2.39. The van der Waals surface area contributed by atoms with Crippen molar-refractivity contribution in [1.82, 2.24) is 5.32 Å². The Bertz CT molecular complexity index is 353. The molecule has 0 rings (SSSR count). The lowest BCUT2D eigenvalue weighted by Crippen LogP contribution is -2.49. The van der Waals surface area contributed by atoms with E-state index in [1.807, 2.05) is 0 Å². The van der Waals surface area contributed by atoms with Crippen LogP contribution in [0.5, 0.6) is 0 Å². The maximum Gasteiger partial charge on any atom is 0.306 e. The van der Waals surface area contributed by atoms with E-state index in [1.165, 1.54) is 6.92 Å². The van der Waals surface area contributed by atoms with E-state index in [-0.39, 0.29) is 25.2 Å². The van der Waals surface area contributed by atoms with Gasteiger partial charge in [0.1, 0.15) is 11.6 Å². The van der Waals surface area contributed by atoms with Gasteiger partial charge in [-0.15, -0.1) is 12.4 Å². The number of amides is 2. The van der Waals surface area contributed by atoms with Crippen molar-refractivity contribution in [3.63, 3.8) is 0 Å². The summed E-state index contributed by atoms with van der Waals surface area (Å²) < 4.78 is 5.09. The molecule has 7 nitrogen and oxygen atoms in total. The van der Waals surface area contributed by atoms with Crippen molar-refractivity contribution in [3.8, 4) is 0 Å². The number of hydrogen-bond donors (Lipinski definition) is 3. The van der Waals surface area contributed by atoms with E-state index < -0.39 is 35.5 Å². The standard InChI is InChI=1S/C12H23N3O4.ClH/c1-7(13)11(18)15-8(10(14)17)5-6-9(16)19-12(2,3)4;/h7-8H,5-6,13H2,1-4H3,(H2,14,17)(H,15,18);1H/t7-,8-;/m0./s1. The molecule has 0 heterocycles. The van der Waals surface area contributed by atoms with Gasteiger partial charge in [-0.25, -0.2) is 0 Å². The maximum atomic E-state index is 11.5. The number of nitrogens with one attached hydrogen (secondary N) is 1. The lowest BCUT2D eigenvalue weighted by molar-refractivity contribution is -0.155. The van der Waals surface area contributed by atoms with Gasteiger partial charge < -0.3 is 21.5 Å². The molecule has 118 valence electrons. The monoisotopic (exact) mass is 309 g/mol. The Balaban J connectivity index is 0. The molecule has 0 aromatic rings. The molecule has 20 heavy (non-hydrogen) atoms. The van der Waals surface area contributed by atoms with Crippen LogP contribution in [0.4, 0.5) is 0 Å². The number of nitrogens with two attached hydrogens (primary N) is 2. The summed E-state index contributed by atoms with van der Waals surface area (Å²) in [5.41, 5.74) is 9.93. The molecule has 2 atom stereocenters. The zero-order valence-corrected chi connectivity index (χ0v) is 13.1. The van der Waals surface area contributed by atoms with Crippen LogP contribution in [0, 0.1) is 0 Å². The van der Waals surface area contributed by atoms with Crippen molar-refractivity contribution < 1.29 is 19.1 Å². The SMILES string of the molecule is C[C@H](N)C(=O)N[C@@H](CCC(=O)OC(C)(C)C)C(N)=O.Cl. The lowest BCUT2D eigenvalue weighted by atomic mass is 10.1. The molecule has 0 saturated heterocycles. The van der Waals surface area contributed by atoms with E-state index in [1.54, 1.807) is 20.8 Å². The third-order valence-electron chi connectivity index (χ3n) is 2.13. The summed E-state index contributed by atoms with van der Waals surface area (Å²) in [6, 6.07) is -1.67. The molecular formula is C12H24ClN3O4. The van der Waals surface area contributed by atoms with Gasteiger partial charge in [0.2, 0.25) is 11.8 Å². The summed E-state index contributed by atoms with van der Waals surface area (Å²) in [5.74, 6) is -1.65. The molecule has 0 bridgehead atoms. The normalized spacial score (nSPS) is 13.7. The molecule has 0 aliphatic heterocycles. The van der Waals surface area contributed by atoms with E-state index in [9.17, 15) is 14.4 Å². The number of primary amides is 1. The van der Waals surface area contributed by atoms with Gasteiger partial charge in [-0.1, -0.05) is 0 Å². The number of ether oxygens (including phenoxy) is 1. The fraction of sp³-hybridized carbons (Fsp3) is 0.750. The van der Waals surface area contributed by atoms with E-state index >= 15 is 0 Å². The van der Waals surface area contributed by atoms with Crippen LogP contribution in [0.2, 0.25) is 0 Å². The predicted octanol–water partition coefficient (Wildman–Crippen LogP) is -0.153. The topological polar surface area (TPSA) is 125 Å². The van der Waals surface area contributed by atoms with Crippen molar-refractivity contribution in [3.05, 3.63) is 0 Å². The zero-order chi connectivity index (χ0) is 15.2. The van der Waals surface area contributed by atoms with Crippen molar-refractivity contribution in [2.24, 2.45) is 11.5 Å². The molecule has 0 aromatic heterocycles. The first-order valence-electron chi connectivity index (χ1n) is 6.10. The number of rotatable bonds is 6. The Morgan fingerprint density at radius 3 is 2.10 bits per heavy atom. The molecule has 0 spiro atoms. The van der Waals surface area contributed by atoms with Gasteiger partial charge in [-0.2, -0.15) is 0 Å². The van der Waals surface area contributed by atoms with Crippen LogP contribution in [-0.4, -0.2) is 35.5 Å². The number of carbonyl (C=O) groups is 3. The first-order valence-corrected chi connectivity index (χ1v) is 6.10. The Kier molecular flexibility index (Phi) is 9.18. The average Bonchev–Trinajstić information content (AvgIpc) is 2.20. The zero-order valence-electron chi connectivity index (χ0n) is 12.3. The molecular weight excluding hydrogens is 286 g/mol. The highest BCUT2D eigenvalue weighted by Gasteiger charge is 2.22. The van der Waals surface area contributed by atoms with Crippen LogP contribution in [0.15, 0.2) is 0 Å². The van der Waals surface area contributed by atoms with Gasteiger partial charge in [0.25, 0.3) is 0 Å². The van der Waals surface area contributed by atoms with Crippen LogP contribution in [0.25, 0.3) is 0 Å². The third kappa shape index (κ3) is 9.57. The highest BCUT2D eigenvalue weighted by Crippen LogP contribution is 2.10. The highest BCUT2D eigenvalue weighted by atomic mass is 35.5. The Hall–Kier alpha value is -1.34. The van der Waals surface area contributed by atoms with Gasteiger partial charge in [0.15, 0.2) is 0 Å². The van der Waals surface area contributed by atoms with E-state index in [2.05, 4.69) is 5.32 Å². The second-order valence-electron chi connectivity index (χ2n) is 5.38. The quantitative estimate of drug-likeness (QED) is 0.588. The second-order valence-corrected chi connectivity index (χ2v) is 5.38. The van der Waals surface area contributed by atoms with Crippen LogP contribution >= 0.6 is 12.4 Å². The Labute approximate surface area is 125 Å². The van der Waals surface area contributed by atoms with Crippen LogP contribution in [0.1, 0.15) is 40.5 Å². The number of hydrogen-bond acceptors (Lipinski definition) is 5. The average molecular weight is 310 g/mol. The molecule has 0 unspecified atom stereocenters. The van der Waals surface area contributed by atoms with Gasteiger partial charge in [0.05, 0.1) is 6.04 Å². The molecule has 0 fully saturated rings. The largest absolute Gasteiger partial charge is 0.460 e. The molecule has 0 aliphatic rings. The van der Waals surface area contributed by atoms with Crippen LogP contribution in [0.3, 0.4) is 0 Å². The smallest absolute Gasteiger partial charge is 0.306 e. The first kappa shape index (κ1) is 21.0. The first-order chi connectivity index (χ1) is 8.53.